The van der Waals surface area contributed by atoms with Crippen LogP contribution in [0.15, 0.2) is 72.0 Å². The summed E-state index contributed by atoms with van der Waals surface area (Å²) in [5.74, 6) is 0.480. The van der Waals surface area contributed by atoms with Crippen LogP contribution in [-0.2, 0) is 4.74 Å². The quantitative estimate of drug-likeness (QED) is 0.178. The molecule has 5 nitrogen and oxygen atoms in total. The van der Waals surface area contributed by atoms with Gasteiger partial charge in [-0.15, -0.1) is 11.6 Å². The molecule has 6 heteroatoms. The Morgan fingerprint density at radius 2 is 1.88 bits per heavy atom. The number of rotatable bonds is 10. The van der Waals surface area contributed by atoms with E-state index in [1.807, 2.05) is 25.1 Å². The van der Waals surface area contributed by atoms with Crippen molar-refractivity contribution in [3.05, 3.63) is 94.8 Å². The Bertz CT molecular complexity index is 1030. The Morgan fingerprint density at radius 3 is 2.50 bits per heavy atom. The molecule has 0 aliphatic rings. The van der Waals surface area contributed by atoms with Crippen LogP contribution < -0.4 is 5.32 Å². The number of halogens is 1. The molecule has 0 amide bonds. The highest BCUT2D eigenvalue weighted by Gasteiger charge is 2.20. The monoisotopic (exact) mass is 451 g/mol. The van der Waals surface area contributed by atoms with Crippen molar-refractivity contribution in [1.29, 1.82) is 0 Å². The van der Waals surface area contributed by atoms with Crippen molar-refractivity contribution in [2.24, 2.45) is 5.16 Å². The topological polar surface area (TPSA) is 66.7 Å². The fourth-order valence-electron chi connectivity index (χ4n) is 3.79. The predicted octanol–water partition coefficient (Wildman–Crippen LogP) is 5.76. The van der Waals surface area contributed by atoms with Crippen molar-refractivity contribution in [1.82, 2.24) is 4.98 Å². The number of ether oxygens (including phenoxy) is 1. The Hall–Kier alpha value is -2.89. The van der Waals surface area contributed by atoms with Gasteiger partial charge in [0.25, 0.3) is 0 Å². The molecule has 1 unspecified atom stereocenters. The summed E-state index contributed by atoms with van der Waals surface area (Å²) in [5.41, 5.74) is 6.97. The zero-order chi connectivity index (χ0) is 22.9. The number of pyridine rings is 1. The number of benzene rings is 2. The largest absolute Gasteiger partial charge is 0.411 e. The molecule has 3 rings (SSSR count). The molecular weight excluding hydrogens is 422 g/mol. The van der Waals surface area contributed by atoms with Gasteiger partial charge in [-0.2, -0.15) is 0 Å². The first-order valence-corrected chi connectivity index (χ1v) is 11.2. The first-order valence-electron chi connectivity index (χ1n) is 10.7. The molecule has 168 valence electrons. The minimum absolute atomic E-state index is 0.0387. The van der Waals surface area contributed by atoms with E-state index in [4.69, 9.17) is 16.3 Å². The summed E-state index contributed by atoms with van der Waals surface area (Å²) in [6.07, 6.45) is 2.27. The van der Waals surface area contributed by atoms with E-state index >= 15 is 0 Å². The van der Waals surface area contributed by atoms with Crippen LogP contribution >= 0.6 is 11.6 Å². The molecule has 0 spiro atoms. The molecule has 2 N–H and O–H groups in total. The van der Waals surface area contributed by atoms with E-state index in [1.165, 1.54) is 11.1 Å². The Balaban J connectivity index is 1.89. The summed E-state index contributed by atoms with van der Waals surface area (Å²) >= 11 is 5.91. The molecule has 0 radical (unpaired) electrons. The molecule has 32 heavy (non-hydrogen) atoms. The van der Waals surface area contributed by atoms with Gasteiger partial charge in [0.05, 0.1) is 17.7 Å². The van der Waals surface area contributed by atoms with Crippen molar-refractivity contribution >= 4 is 23.0 Å². The second kappa shape index (κ2) is 11.7. The fourth-order valence-corrected chi connectivity index (χ4v) is 4.02. The zero-order valence-electron chi connectivity index (χ0n) is 18.8. The predicted molar refractivity (Wildman–Crippen MR) is 131 cm³/mol. The second-order valence-electron chi connectivity index (χ2n) is 7.86. The average Bonchev–Trinajstić information content (AvgIpc) is 2.82. The smallest absolute Gasteiger partial charge is 0.0878 e. The Morgan fingerprint density at radius 1 is 1.12 bits per heavy atom. The minimum Gasteiger partial charge on any atom is -0.411 e. The molecule has 1 aromatic heterocycles. The van der Waals surface area contributed by atoms with Crippen molar-refractivity contribution in [2.75, 3.05) is 24.9 Å². The molecule has 3 aromatic rings. The summed E-state index contributed by atoms with van der Waals surface area (Å²) in [4.78, 5) is 4.26. The first-order chi connectivity index (χ1) is 15.5. The van der Waals surface area contributed by atoms with Crippen molar-refractivity contribution in [2.45, 2.75) is 32.3 Å². The van der Waals surface area contributed by atoms with Crippen LogP contribution in [0.5, 0.6) is 0 Å². The molecule has 0 bridgehead atoms. The highest BCUT2D eigenvalue weighted by atomic mass is 35.5. The molecular formula is C26H30ClN3O2. The minimum atomic E-state index is -0.0387. The van der Waals surface area contributed by atoms with Gasteiger partial charge in [-0.05, 0) is 54.8 Å². The third-order valence-electron chi connectivity index (χ3n) is 5.66. The molecule has 0 aliphatic carbocycles. The third-order valence-corrected chi connectivity index (χ3v) is 6.01. The molecule has 0 saturated heterocycles. The van der Waals surface area contributed by atoms with Crippen LogP contribution in [0, 0.1) is 13.8 Å². The van der Waals surface area contributed by atoms with Crippen molar-refractivity contribution in [3.8, 4) is 0 Å². The second-order valence-corrected chi connectivity index (χ2v) is 8.17. The summed E-state index contributed by atoms with van der Waals surface area (Å²) in [6, 6.07) is 20.5. The lowest BCUT2D eigenvalue weighted by atomic mass is 9.83. The van der Waals surface area contributed by atoms with Crippen LogP contribution in [0.1, 0.15) is 40.3 Å². The van der Waals surface area contributed by atoms with Gasteiger partial charge in [0, 0.05) is 49.1 Å². The average molecular weight is 452 g/mol. The summed E-state index contributed by atoms with van der Waals surface area (Å²) in [5, 5.41) is 16.9. The fraction of sp³-hybridized carbons (Fsp3) is 0.308. The Labute approximate surface area is 195 Å². The van der Waals surface area contributed by atoms with E-state index in [-0.39, 0.29) is 12.0 Å². The molecule has 2 atom stereocenters. The summed E-state index contributed by atoms with van der Waals surface area (Å²) in [7, 11) is 1.66. The van der Waals surface area contributed by atoms with E-state index in [9.17, 15) is 5.21 Å². The maximum Gasteiger partial charge on any atom is 0.0878 e. The number of nitrogens with one attached hydrogen (secondary N) is 1. The lowest BCUT2D eigenvalue weighted by molar-refractivity contribution is 0.131. The van der Waals surface area contributed by atoms with Crippen LogP contribution in [0.25, 0.3) is 0 Å². The highest BCUT2D eigenvalue weighted by molar-refractivity contribution is 6.18. The lowest BCUT2D eigenvalue weighted by Crippen LogP contribution is -2.23. The number of hydrogen-bond acceptors (Lipinski definition) is 5. The van der Waals surface area contributed by atoms with Gasteiger partial charge in [-0.1, -0.05) is 41.6 Å². The number of anilines is 1. The maximum atomic E-state index is 9.83. The number of hydrogen-bond donors (Lipinski definition) is 2. The first kappa shape index (κ1) is 23.8. The molecule has 2 aromatic carbocycles. The molecule has 0 aliphatic heterocycles. The summed E-state index contributed by atoms with van der Waals surface area (Å²) < 4.78 is 5.32. The van der Waals surface area contributed by atoms with E-state index < -0.39 is 0 Å². The van der Waals surface area contributed by atoms with Crippen LogP contribution in [0.4, 0.5) is 5.69 Å². The van der Waals surface area contributed by atoms with Crippen LogP contribution in [0.2, 0.25) is 0 Å². The Kier molecular flexibility index (Phi) is 8.65. The van der Waals surface area contributed by atoms with Gasteiger partial charge >= 0.3 is 0 Å². The van der Waals surface area contributed by atoms with Gasteiger partial charge in [0.2, 0.25) is 0 Å². The number of aryl methyl sites for hydroxylation is 2. The number of aromatic nitrogens is 1. The van der Waals surface area contributed by atoms with E-state index in [2.05, 4.69) is 64.8 Å². The van der Waals surface area contributed by atoms with Crippen LogP contribution in [-0.4, -0.2) is 41.5 Å². The molecule has 1 heterocycles. The van der Waals surface area contributed by atoms with Gasteiger partial charge in [0.1, 0.15) is 0 Å². The van der Waals surface area contributed by atoms with Crippen LogP contribution in [0.3, 0.4) is 0 Å². The normalized spacial score (nSPS) is 13.6. The highest BCUT2D eigenvalue weighted by Crippen LogP contribution is 2.32. The number of nitrogens with zero attached hydrogens (tertiary/aromatic N) is 2. The van der Waals surface area contributed by atoms with E-state index in [0.29, 0.717) is 24.6 Å². The maximum absolute atomic E-state index is 9.83. The van der Waals surface area contributed by atoms with Crippen molar-refractivity contribution < 1.29 is 9.94 Å². The van der Waals surface area contributed by atoms with E-state index in [0.717, 1.165) is 22.5 Å². The third kappa shape index (κ3) is 6.09. The summed E-state index contributed by atoms with van der Waals surface area (Å²) in [6.45, 7) is 4.69. The SMILES string of the molecule is CO[C@@H](CCl)CNc1ccc(C(CC(=NO)c2ccnc(C)c2)c2ccccc2C)cc1. The van der Waals surface area contributed by atoms with Gasteiger partial charge in [-0.3, -0.25) is 4.98 Å². The van der Waals surface area contributed by atoms with E-state index in [1.54, 1.807) is 13.3 Å². The standard InChI is InChI=1S/C26H30ClN3O2/c1-18-6-4-5-7-24(18)25(15-26(30-31)21-12-13-28-19(2)14-21)20-8-10-22(11-9-20)29-17-23(16-27)32-3/h4-14,23,25,29,31H,15-17H2,1-3H3/t23-,25?/m0/s1. The zero-order valence-corrected chi connectivity index (χ0v) is 19.5. The van der Waals surface area contributed by atoms with Gasteiger partial charge in [-0.25, -0.2) is 0 Å². The number of oxime groups is 1. The van der Waals surface area contributed by atoms with Crippen molar-refractivity contribution in [3.63, 3.8) is 0 Å². The number of methoxy groups -OCH3 is 1. The molecule has 0 fully saturated rings. The van der Waals surface area contributed by atoms with Gasteiger partial charge in [0.15, 0.2) is 0 Å². The lowest BCUT2D eigenvalue weighted by Gasteiger charge is -2.21. The number of alkyl halides is 1. The molecule has 0 saturated carbocycles. The van der Waals surface area contributed by atoms with Gasteiger partial charge < -0.3 is 15.3 Å².